The van der Waals surface area contributed by atoms with Gasteiger partial charge in [-0.05, 0) is 0 Å². The van der Waals surface area contributed by atoms with E-state index in [2.05, 4.69) is 9.88 Å². The number of hydrogen-bond acceptors (Lipinski definition) is 0. The molecular weight excluding hydrogens is 338 g/mol. The van der Waals surface area contributed by atoms with Crippen LogP contribution in [0.15, 0.2) is 0 Å². The average molecular weight is 344 g/mol. The van der Waals surface area contributed by atoms with Crippen LogP contribution in [0.2, 0.25) is 9.88 Å². The molecule has 0 fully saturated rings. The van der Waals surface area contributed by atoms with Gasteiger partial charge in [-0.1, -0.05) is 0 Å². The minimum absolute atomic E-state index is 0. The summed E-state index contributed by atoms with van der Waals surface area (Å²) in [5, 5.41) is 0. The van der Waals surface area contributed by atoms with Crippen LogP contribution < -0.4 is 0 Å². The molecule has 0 aliphatic rings. The summed E-state index contributed by atoms with van der Waals surface area (Å²) in [5.41, 5.74) is 0. The van der Waals surface area contributed by atoms with E-state index in [0.29, 0.717) is 0 Å². The second kappa shape index (κ2) is 8.82. The Morgan fingerprint density at radius 1 is 1.25 bits per heavy atom. The maximum Gasteiger partial charge on any atom is 0 e. The molecule has 0 N–H and O–H groups in total. The molecule has 0 saturated heterocycles. The predicted octanol–water partition coefficient (Wildman–Crippen LogP) is 0.784. The second-order valence-electron chi connectivity index (χ2n) is 0.500. The van der Waals surface area contributed by atoms with Crippen LogP contribution in [0, 0.1) is 0 Å². The van der Waals surface area contributed by atoms with Crippen LogP contribution in [0.4, 0.5) is 0 Å². The van der Waals surface area contributed by atoms with Gasteiger partial charge in [-0.25, -0.2) is 0 Å². The van der Waals surface area contributed by atoms with Crippen molar-refractivity contribution in [1.82, 2.24) is 0 Å². The normalized spacial score (nSPS) is 4.50. The van der Waals surface area contributed by atoms with Crippen LogP contribution >= 0.6 is 0 Å². The van der Waals surface area contributed by atoms with Crippen molar-refractivity contribution in [1.29, 1.82) is 0 Å². The van der Waals surface area contributed by atoms with E-state index in [0.717, 1.165) is 0 Å². The molecule has 28 valence electrons. The topological polar surface area (TPSA) is 0 Å². The van der Waals surface area contributed by atoms with Crippen molar-refractivity contribution < 1.29 is 21.1 Å². The van der Waals surface area contributed by atoms with Crippen LogP contribution in [0.3, 0.4) is 0 Å². The van der Waals surface area contributed by atoms with Crippen LogP contribution in [-0.2, 0) is 21.1 Å². The van der Waals surface area contributed by atoms with Gasteiger partial charge in [-0.2, -0.15) is 0 Å². The Hall–Kier alpha value is 1.49. The van der Waals surface area contributed by atoms with Gasteiger partial charge in [-0.15, -0.1) is 0 Å². The van der Waals surface area contributed by atoms with Crippen molar-refractivity contribution in [2.24, 2.45) is 0 Å². The fraction of sp³-hybridized carbons (Fsp3) is 1.00. The van der Waals surface area contributed by atoms with Crippen LogP contribution in [-0.4, -0.2) is 21.1 Å². The van der Waals surface area contributed by atoms with Crippen molar-refractivity contribution >= 4 is 21.1 Å². The summed E-state index contributed by atoms with van der Waals surface area (Å²) in [5.74, 6) is 0. The molecule has 0 saturated carbocycles. The Labute approximate surface area is 51.8 Å². The Morgan fingerprint density at radius 3 is 1.25 bits per heavy atom. The zero-order valence-electron chi connectivity index (χ0n) is 2.82. The third kappa shape index (κ3) is 9.75. The van der Waals surface area contributed by atoms with E-state index in [9.17, 15) is 0 Å². The average Bonchev–Trinajstić information content (AvgIpc) is 0.918. The van der Waals surface area contributed by atoms with E-state index in [1.165, 1.54) is 0 Å². The van der Waals surface area contributed by atoms with Gasteiger partial charge >= 0.3 is 31.0 Å². The first-order valence-electron chi connectivity index (χ1n) is 1.00. The molecule has 0 aliphatic heterocycles. The standard InChI is InChI=1S/2CH3.Pt.Sn/h2*1H3;;. The molecule has 0 aromatic rings. The third-order valence-corrected chi connectivity index (χ3v) is 0. The van der Waals surface area contributed by atoms with E-state index in [4.69, 9.17) is 0 Å². The fourth-order valence-corrected chi connectivity index (χ4v) is 0. The minimum atomic E-state index is 0. The smallest absolute Gasteiger partial charge is 0 e. The quantitative estimate of drug-likeness (QED) is 0.570. The Morgan fingerprint density at radius 2 is 1.25 bits per heavy atom. The largest absolute Gasteiger partial charge is 0 e. The zero-order chi connectivity index (χ0) is 2.71. The predicted molar refractivity (Wildman–Crippen MR) is 17.5 cm³/mol. The molecular formula is C2H6PtSn. The summed E-state index contributed by atoms with van der Waals surface area (Å²) in [4.78, 5) is 4.59. The molecule has 0 amide bonds. The zero-order valence-corrected chi connectivity index (χ0v) is 7.94. The summed E-state index contributed by atoms with van der Waals surface area (Å²) in [6.07, 6.45) is 0. The number of hydrogen-bond donors (Lipinski definition) is 0. The monoisotopic (exact) mass is 345 g/mol. The van der Waals surface area contributed by atoms with Gasteiger partial charge in [0.15, 0.2) is 0 Å². The maximum absolute atomic E-state index is 2.30. The van der Waals surface area contributed by atoms with Crippen molar-refractivity contribution in [2.45, 2.75) is 9.88 Å². The van der Waals surface area contributed by atoms with Gasteiger partial charge < -0.3 is 0 Å². The molecule has 4 heavy (non-hydrogen) atoms. The van der Waals surface area contributed by atoms with Crippen molar-refractivity contribution in [3.63, 3.8) is 0 Å². The molecule has 0 spiro atoms. The molecule has 0 aromatic carbocycles. The summed E-state index contributed by atoms with van der Waals surface area (Å²) >= 11 is 0.230. The molecule has 0 nitrogen and oxygen atoms in total. The maximum atomic E-state index is 2.30. The molecule has 0 rings (SSSR count). The first-order valence-corrected chi connectivity index (χ1v) is 6.71. The minimum Gasteiger partial charge on any atom is 0 e. The van der Waals surface area contributed by atoms with Crippen molar-refractivity contribution in [3.05, 3.63) is 0 Å². The molecule has 0 aliphatic carbocycles. The third-order valence-electron chi connectivity index (χ3n) is 0. The molecule has 2 radical (unpaired) electrons. The van der Waals surface area contributed by atoms with Gasteiger partial charge in [0, 0.05) is 21.1 Å². The first kappa shape index (κ1) is 9.09. The number of rotatable bonds is 0. The summed E-state index contributed by atoms with van der Waals surface area (Å²) < 4.78 is 0. The molecule has 2 heteroatoms. The van der Waals surface area contributed by atoms with Crippen LogP contribution in [0.1, 0.15) is 0 Å². The van der Waals surface area contributed by atoms with Gasteiger partial charge in [-0.3, -0.25) is 0 Å². The van der Waals surface area contributed by atoms with E-state index in [-0.39, 0.29) is 42.2 Å². The van der Waals surface area contributed by atoms with Gasteiger partial charge in [0.1, 0.15) is 0 Å². The summed E-state index contributed by atoms with van der Waals surface area (Å²) in [7, 11) is 0. The molecule has 0 unspecified atom stereocenters. The van der Waals surface area contributed by atoms with E-state index in [1.54, 1.807) is 0 Å². The van der Waals surface area contributed by atoms with Crippen LogP contribution in [0.25, 0.3) is 0 Å². The second-order valence-corrected chi connectivity index (χ2v) is 3.35. The summed E-state index contributed by atoms with van der Waals surface area (Å²) in [6.45, 7) is 0. The Bertz CT molecular complexity index is 6.00. The summed E-state index contributed by atoms with van der Waals surface area (Å²) in [6, 6.07) is 0. The van der Waals surface area contributed by atoms with Crippen molar-refractivity contribution in [3.8, 4) is 0 Å². The van der Waals surface area contributed by atoms with Crippen LogP contribution in [0.5, 0.6) is 0 Å². The molecule has 0 aromatic heterocycles. The van der Waals surface area contributed by atoms with E-state index < -0.39 is 0 Å². The first-order chi connectivity index (χ1) is 1.41. The van der Waals surface area contributed by atoms with E-state index >= 15 is 0 Å². The van der Waals surface area contributed by atoms with Gasteiger partial charge in [0.05, 0.1) is 0 Å². The molecule has 0 bridgehead atoms. The fourth-order valence-electron chi connectivity index (χ4n) is 0. The Balaban J connectivity index is 0. The van der Waals surface area contributed by atoms with Gasteiger partial charge in [0.25, 0.3) is 0 Å². The molecule has 0 atom stereocenters. The van der Waals surface area contributed by atoms with E-state index in [1.807, 2.05) is 0 Å². The molecule has 0 heterocycles. The van der Waals surface area contributed by atoms with Crippen molar-refractivity contribution in [2.75, 3.05) is 0 Å². The Kier molecular flexibility index (Phi) is 20.0. The SMILES string of the molecule is [CH3][Sn][CH3].[Pt]. The van der Waals surface area contributed by atoms with Gasteiger partial charge in [0.2, 0.25) is 0 Å².